The molecule has 23 heavy (non-hydrogen) atoms. The zero-order valence-electron chi connectivity index (χ0n) is 13.9. The Morgan fingerprint density at radius 3 is 2.52 bits per heavy atom. The van der Waals surface area contributed by atoms with E-state index in [1.54, 1.807) is 11.9 Å². The smallest absolute Gasteiger partial charge is 0.315 e. The van der Waals surface area contributed by atoms with Crippen LogP contribution in [0.3, 0.4) is 0 Å². The first kappa shape index (κ1) is 17.6. The largest absolute Gasteiger partial charge is 0.351 e. The van der Waals surface area contributed by atoms with Gasteiger partial charge in [0.1, 0.15) is 0 Å². The number of hydrogen-bond donors (Lipinski definition) is 3. The molecule has 0 aromatic rings. The molecule has 1 unspecified atom stereocenters. The number of hydrogen-bond acceptors (Lipinski definition) is 3. The molecule has 1 saturated carbocycles. The number of likely N-dealkylation sites (tertiary alicyclic amines) is 1. The van der Waals surface area contributed by atoms with E-state index in [2.05, 4.69) is 16.0 Å². The number of rotatable bonds is 6. The van der Waals surface area contributed by atoms with Crippen molar-refractivity contribution in [3.63, 3.8) is 0 Å². The van der Waals surface area contributed by atoms with E-state index in [0.717, 1.165) is 12.8 Å². The summed E-state index contributed by atoms with van der Waals surface area (Å²) in [7, 11) is 1.74. The molecular formula is C16H28N4O3. The molecule has 1 aliphatic carbocycles. The van der Waals surface area contributed by atoms with E-state index < -0.39 is 0 Å². The highest BCUT2D eigenvalue weighted by atomic mass is 16.2. The van der Waals surface area contributed by atoms with Gasteiger partial charge in [-0.3, -0.25) is 9.59 Å². The van der Waals surface area contributed by atoms with Crippen LogP contribution in [0.25, 0.3) is 0 Å². The fraction of sp³-hybridized carbons (Fsp3) is 0.812. The van der Waals surface area contributed by atoms with Crippen LogP contribution < -0.4 is 16.0 Å². The molecule has 1 heterocycles. The second-order valence-corrected chi connectivity index (χ2v) is 6.58. The predicted molar refractivity (Wildman–Crippen MR) is 86.8 cm³/mol. The van der Waals surface area contributed by atoms with Crippen LogP contribution in [0.2, 0.25) is 0 Å². The van der Waals surface area contributed by atoms with E-state index in [4.69, 9.17) is 0 Å². The van der Waals surface area contributed by atoms with Gasteiger partial charge in [-0.25, -0.2) is 4.79 Å². The summed E-state index contributed by atoms with van der Waals surface area (Å²) in [5.74, 6) is 0.00365. The highest BCUT2D eigenvalue weighted by Crippen LogP contribution is 2.17. The van der Waals surface area contributed by atoms with Gasteiger partial charge in [0, 0.05) is 39.0 Å². The lowest BCUT2D eigenvalue weighted by Gasteiger charge is -2.22. The molecule has 2 aliphatic rings. The number of nitrogens with one attached hydrogen (secondary N) is 3. The molecule has 0 aromatic carbocycles. The van der Waals surface area contributed by atoms with Crippen LogP contribution in [0.1, 0.15) is 51.4 Å². The number of amides is 4. The lowest BCUT2D eigenvalue weighted by molar-refractivity contribution is -0.126. The standard InChI is InChI=1S/C16H28N4O3/c1-20-11-13(10-15(20)22)18-14(21)8-5-9-17-16(23)19-12-6-3-2-4-7-12/h12-13H,2-11H2,1H3,(H,18,21)(H2,17,19,23). The number of carbonyl (C=O) groups is 3. The van der Waals surface area contributed by atoms with E-state index in [9.17, 15) is 14.4 Å². The molecule has 3 N–H and O–H groups in total. The van der Waals surface area contributed by atoms with Crippen molar-refractivity contribution in [2.24, 2.45) is 0 Å². The number of urea groups is 1. The first-order chi connectivity index (χ1) is 11.0. The molecule has 1 saturated heterocycles. The van der Waals surface area contributed by atoms with Crippen LogP contribution >= 0.6 is 0 Å². The average Bonchev–Trinajstić information content (AvgIpc) is 2.82. The minimum atomic E-state index is -0.139. The van der Waals surface area contributed by atoms with Crippen molar-refractivity contribution in [3.05, 3.63) is 0 Å². The molecule has 2 fully saturated rings. The molecule has 2 rings (SSSR count). The molecular weight excluding hydrogens is 296 g/mol. The Morgan fingerprint density at radius 1 is 1.13 bits per heavy atom. The fourth-order valence-corrected chi connectivity index (χ4v) is 3.19. The Morgan fingerprint density at radius 2 is 1.87 bits per heavy atom. The Hall–Kier alpha value is -1.79. The summed E-state index contributed by atoms with van der Waals surface area (Å²) in [6, 6.07) is 0.0758. The van der Waals surface area contributed by atoms with Crippen LogP contribution in [-0.4, -0.2) is 55.0 Å². The molecule has 0 spiro atoms. The van der Waals surface area contributed by atoms with Gasteiger partial charge in [-0.05, 0) is 19.3 Å². The summed E-state index contributed by atoms with van der Waals surface area (Å²) >= 11 is 0. The van der Waals surface area contributed by atoms with E-state index in [1.807, 2.05) is 0 Å². The molecule has 0 radical (unpaired) electrons. The van der Waals surface area contributed by atoms with E-state index in [0.29, 0.717) is 38.4 Å². The minimum absolute atomic E-state index is 0.0624. The lowest BCUT2D eigenvalue weighted by atomic mass is 9.96. The number of carbonyl (C=O) groups excluding carboxylic acids is 3. The highest BCUT2D eigenvalue weighted by molar-refractivity contribution is 5.82. The van der Waals surface area contributed by atoms with Crippen molar-refractivity contribution < 1.29 is 14.4 Å². The first-order valence-electron chi connectivity index (χ1n) is 8.62. The molecule has 1 aliphatic heterocycles. The Balaban J connectivity index is 1.51. The maximum atomic E-state index is 11.8. The van der Waals surface area contributed by atoms with Gasteiger partial charge in [0.05, 0.1) is 6.04 Å². The van der Waals surface area contributed by atoms with E-state index >= 15 is 0 Å². The van der Waals surface area contributed by atoms with Crippen molar-refractivity contribution in [2.45, 2.75) is 63.5 Å². The summed E-state index contributed by atoms with van der Waals surface area (Å²) in [6.07, 6.45) is 7.09. The van der Waals surface area contributed by atoms with Crippen LogP contribution in [0.5, 0.6) is 0 Å². The molecule has 0 aromatic heterocycles. The van der Waals surface area contributed by atoms with Gasteiger partial charge >= 0.3 is 6.03 Å². The predicted octanol–water partition coefficient (Wildman–Crippen LogP) is 0.745. The topological polar surface area (TPSA) is 90.5 Å². The van der Waals surface area contributed by atoms with Crippen LogP contribution in [0, 0.1) is 0 Å². The molecule has 0 bridgehead atoms. The molecule has 130 valence electrons. The normalized spacial score (nSPS) is 22.0. The second-order valence-electron chi connectivity index (χ2n) is 6.58. The fourth-order valence-electron chi connectivity index (χ4n) is 3.19. The Bertz CT molecular complexity index is 435. The summed E-state index contributed by atoms with van der Waals surface area (Å²) in [4.78, 5) is 36.6. The van der Waals surface area contributed by atoms with Gasteiger partial charge in [0.15, 0.2) is 0 Å². The lowest BCUT2D eigenvalue weighted by Crippen LogP contribution is -2.43. The van der Waals surface area contributed by atoms with Crippen LogP contribution in [-0.2, 0) is 9.59 Å². The quantitative estimate of drug-likeness (QED) is 0.630. The minimum Gasteiger partial charge on any atom is -0.351 e. The van der Waals surface area contributed by atoms with Crippen molar-refractivity contribution in [1.82, 2.24) is 20.9 Å². The van der Waals surface area contributed by atoms with E-state index in [1.165, 1.54) is 19.3 Å². The summed E-state index contributed by atoms with van der Waals surface area (Å²) in [5.41, 5.74) is 0. The summed E-state index contributed by atoms with van der Waals surface area (Å²) in [5, 5.41) is 8.65. The van der Waals surface area contributed by atoms with Gasteiger partial charge in [0.25, 0.3) is 0 Å². The average molecular weight is 324 g/mol. The number of nitrogens with zero attached hydrogens (tertiary/aromatic N) is 1. The monoisotopic (exact) mass is 324 g/mol. The maximum absolute atomic E-state index is 11.8. The van der Waals surface area contributed by atoms with E-state index in [-0.39, 0.29) is 23.9 Å². The number of likely N-dealkylation sites (N-methyl/N-ethyl adjacent to an activating group) is 1. The third-order valence-electron chi connectivity index (χ3n) is 4.51. The zero-order valence-corrected chi connectivity index (χ0v) is 13.9. The van der Waals surface area contributed by atoms with Crippen molar-refractivity contribution in [3.8, 4) is 0 Å². The van der Waals surface area contributed by atoms with Gasteiger partial charge in [-0.2, -0.15) is 0 Å². The maximum Gasteiger partial charge on any atom is 0.315 e. The zero-order chi connectivity index (χ0) is 16.7. The van der Waals surface area contributed by atoms with Gasteiger partial charge < -0.3 is 20.9 Å². The first-order valence-corrected chi connectivity index (χ1v) is 8.62. The molecule has 7 nitrogen and oxygen atoms in total. The van der Waals surface area contributed by atoms with Crippen LogP contribution in [0.15, 0.2) is 0 Å². The molecule has 4 amide bonds. The Kier molecular flexibility index (Phi) is 6.67. The van der Waals surface area contributed by atoms with Crippen molar-refractivity contribution in [1.29, 1.82) is 0 Å². The van der Waals surface area contributed by atoms with Gasteiger partial charge in [0.2, 0.25) is 11.8 Å². The summed E-state index contributed by atoms with van der Waals surface area (Å²) in [6.45, 7) is 1.06. The molecule has 7 heteroatoms. The summed E-state index contributed by atoms with van der Waals surface area (Å²) < 4.78 is 0. The van der Waals surface area contributed by atoms with Crippen molar-refractivity contribution >= 4 is 17.8 Å². The van der Waals surface area contributed by atoms with Crippen LogP contribution in [0.4, 0.5) is 4.79 Å². The van der Waals surface area contributed by atoms with Gasteiger partial charge in [-0.15, -0.1) is 0 Å². The second kappa shape index (κ2) is 8.74. The molecule has 1 atom stereocenters. The third kappa shape index (κ3) is 6.08. The Labute approximate surface area is 137 Å². The third-order valence-corrected chi connectivity index (χ3v) is 4.51. The highest BCUT2D eigenvalue weighted by Gasteiger charge is 2.27. The SMILES string of the molecule is CN1CC(NC(=O)CCCNC(=O)NC2CCCCC2)CC1=O. The van der Waals surface area contributed by atoms with Gasteiger partial charge in [-0.1, -0.05) is 19.3 Å². The van der Waals surface area contributed by atoms with Crippen molar-refractivity contribution in [2.75, 3.05) is 20.1 Å².